The van der Waals surface area contributed by atoms with Crippen molar-refractivity contribution in [3.8, 4) is 0 Å². The van der Waals surface area contributed by atoms with Gasteiger partial charge in [0.05, 0.1) is 11.3 Å². The number of rotatable bonds is 4. The van der Waals surface area contributed by atoms with E-state index in [4.69, 9.17) is 5.11 Å². The van der Waals surface area contributed by atoms with Crippen LogP contribution in [-0.4, -0.2) is 17.6 Å². The maximum Gasteiger partial charge on any atom is 0.338 e. The number of nitrogens with one attached hydrogen (secondary N) is 1. The van der Waals surface area contributed by atoms with Gasteiger partial charge in [0.2, 0.25) is 0 Å². The standard InChI is InChI=1S/C11H13F2NO2/c1-6(2)5-14-10-3-7(11(15)16)8(12)4-9(10)13/h3-4,6,14H,5H2,1-2H3,(H,15,16). The monoisotopic (exact) mass is 229 g/mol. The molecule has 0 radical (unpaired) electrons. The molecule has 1 rings (SSSR count). The molecule has 0 amide bonds. The summed E-state index contributed by atoms with van der Waals surface area (Å²) in [6.07, 6.45) is 0. The highest BCUT2D eigenvalue weighted by Crippen LogP contribution is 2.19. The lowest BCUT2D eigenvalue weighted by atomic mass is 10.1. The molecule has 3 nitrogen and oxygen atoms in total. The largest absolute Gasteiger partial charge is 0.478 e. The first-order chi connectivity index (χ1) is 7.41. The topological polar surface area (TPSA) is 49.3 Å². The van der Waals surface area contributed by atoms with Crippen LogP contribution in [0.5, 0.6) is 0 Å². The lowest BCUT2D eigenvalue weighted by Crippen LogP contribution is -2.11. The lowest BCUT2D eigenvalue weighted by Gasteiger charge is -2.10. The van der Waals surface area contributed by atoms with E-state index in [0.717, 1.165) is 6.07 Å². The summed E-state index contributed by atoms with van der Waals surface area (Å²) in [4.78, 5) is 10.6. The van der Waals surface area contributed by atoms with E-state index < -0.39 is 23.2 Å². The first-order valence-electron chi connectivity index (χ1n) is 4.88. The van der Waals surface area contributed by atoms with Crippen LogP contribution in [0, 0.1) is 17.6 Å². The van der Waals surface area contributed by atoms with E-state index in [-0.39, 0.29) is 11.6 Å². The SMILES string of the molecule is CC(C)CNc1cc(C(=O)O)c(F)cc1F. The Labute approximate surface area is 92.1 Å². The Morgan fingerprint density at radius 1 is 1.38 bits per heavy atom. The summed E-state index contributed by atoms with van der Waals surface area (Å²) < 4.78 is 26.3. The highest BCUT2D eigenvalue weighted by molar-refractivity contribution is 5.89. The van der Waals surface area contributed by atoms with Crippen LogP contribution in [-0.2, 0) is 0 Å². The summed E-state index contributed by atoms with van der Waals surface area (Å²) in [6, 6.07) is 1.54. The van der Waals surface area contributed by atoms with Gasteiger partial charge in [-0.2, -0.15) is 0 Å². The second kappa shape index (κ2) is 4.92. The molecule has 0 aliphatic heterocycles. The van der Waals surface area contributed by atoms with E-state index in [0.29, 0.717) is 12.6 Å². The maximum atomic E-state index is 13.2. The number of aromatic carboxylic acids is 1. The van der Waals surface area contributed by atoms with Crippen molar-refractivity contribution in [2.24, 2.45) is 5.92 Å². The molecule has 0 aromatic heterocycles. The molecular formula is C11H13F2NO2. The fourth-order valence-corrected chi connectivity index (χ4v) is 1.16. The number of carbonyl (C=O) groups is 1. The van der Waals surface area contributed by atoms with Gasteiger partial charge in [0.25, 0.3) is 0 Å². The number of halogens is 2. The van der Waals surface area contributed by atoms with Crippen molar-refractivity contribution >= 4 is 11.7 Å². The van der Waals surface area contributed by atoms with Crippen LogP contribution in [0.1, 0.15) is 24.2 Å². The highest BCUT2D eigenvalue weighted by atomic mass is 19.1. The minimum Gasteiger partial charge on any atom is -0.478 e. The zero-order valence-electron chi connectivity index (χ0n) is 9.05. The molecule has 0 fully saturated rings. The number of hydrogen-bond donors (Lipinski definition) is 2. The molecule has 16 heavy (non-hydrogen) atoms. The highest BCUT2D eigenvalue weighted by Gasteiger charge is 2.14. The molecular weight excluding hydrogens is 216 g/mol. The Kier molecular flexibility index (Phi) is 3.82. The number of carboxylic acid groups (broad SMARTS) is 1. The van der Waals surface area contributed by atoms with E-state index in [1.165, 1.54) is 0 Å². The number of benzene rings is 1. The van der Waals surface area contributed by atoms with Crippen LogP contribution in [0.15, 0.2) is 12.1 Å². The van der Waals surface area contributed by atoms with Crippen molar-refractivity contribution in [1.82, 2.24) is 0 Å². The number of carboxylic acids is 1. The zero-order valence-corrected chi connectivity index (χ0v) is 9.05. The van der Waals surface area contributed by atoms with E-state index >= 15 is 0 Å². The smallest absolute Gasteiger partial charge is 0.338 e. The molecule has 1 aromatic carbocycles. The number of anilines is 1. The van der Waals surface area contributed by atoms with E-state index in [1.54, 1.807) is 0 Å². The third-order valence-corrected chi connectivity index (χ3v) is 1.99. The van der Waals surface area contributed by atoms with Gasteiger partial charge >= 0.3 is 5.97 Å². The molecule has 0 bridgehead atoms. The van der Waals surface area contributed by atoms with Crippen molar-refractivity contribution in [3.63, 3.8) is 0 Å². The van der Waals surface area contributed by atoms with Crippen LogP contribution < -0.4 is 5.32 Å². The normalized spacial score (nSPS) is 10.6. The molecule has 88 valence electrons. The Morgan fingerprint density at radius 3 is 2.50 bits per heavy atom. The van der Waals surface area contributed by atoms with Crippen molar-refractivity contribution in [2.45, 2.75) is 13.8 Å². The van der Waals surface area contributed by atoms with Crippen LogP contribution in [0.4, 0.5) is 14.5 Å². The van der Waals surface area contributed by atoms with Crippen molar-refractivity contribution in [2.75, 3.05) is 11.9 Å². The summed E-state index contributed by atoms with van der Waals surface area (Å²) in [5.41, 5.74) is -0.528. The molecule has 0 saturated carbocycles. The van der Waals surface area contributed by atoms with Gasteiger partial charge < -0.3 is 10.4 Å². The summed E-state index contributed by atoms with van der Waals surface area (Å²) in [5.74, 6) is -2.99. The van der Waals surface area contributed by atoms with Gasteiger partial charge in [-0.3, -0.25) is 0 Å². The number of hydrogen-bond acceptors (Lipinski definition) is 2. The van der Waals surface area contributed by atoms with Gasteiger partial charge in [-0.05, 0) is 12.0 Å². The zero-order chi connectivity index (χ0) is 12.3. The quantitative estimate of drug-likeness (QED) is 0.834. The van der Waals surface area contributed by atoms with Crippen molar-refractivity contribution in [3.05, 3.63) is 29.3 Å². The summed E-state index contributed by atoms with van der Waals surface area (Å²) >= 11 is 0. The fourth-order valence-electron chi connectivity index (χ4n) is 1.16. The minimum absolute atomic E-state index is 0.00694. The summed E-state index contributed by atoms with van der Waals surface area (Å²) in [5, 5.41) is 11.4. The van der Waals surface area contributed by atoms with Gasteiger partial charge in [0.1, 0.15) is 11.6 Å². The molecule has 2 N–H and O–H groups in total. The molecule has 5 heteroatoms. The predicted octanol–water partition coefficient (Wildman–Crippen LogP) is 2.73. The van der Waals surface area contributed by atoms with Gasteiger partial charge in [-0.25, -0.2) is 13.6 Å². The van der Waals surface area contributed by atoms with Crippen molar-refractivity contribution < 1.29 is 18.7 Å². The Balaban J connectivity index is 3.00. The Bertz CT molecular complexity index is 405. The maximum absolute atomic E-state index is 13.2. The second-order valence-electron chi connectivity index (χ2n) is 3.89. The predicted molar refractivity (Wildman–Crippen MR) is 56.6 cm³/mol. The first-order valence-corrected chi connectivity index (χ1v) is 4.88. The average Bonchev–Trinajstić information content (AvgIpc) is 2.15. The van der Waals surface area contributed by atoms with E-state index in [2.05, 4.69) is 5.32 Å². The molecule has 1 aromatic rings. The first kappa shape index (κ1) is 12.4. The van der Waals surface area contributed by atoms with Crippen LogP contribution in [0.25, 0.3) is 0 Å². The van der Waals surface area contributed by atoms with Gasteiger partial charge in [-0.1, -0.05) is 13.8 Å². The Morgan fingerprint density at radius 2 is 2.00 bits per heavy atom. The van der Waals surface area contributed by atoms with E-state index in [9.17, 15) is 13.6 Å². The second-order valence-corrected chi connectivity index (χ2v) is 3.89. The van der Waals surface area contributed by atoms with Crippen LogP contribution >= 0.6 is 0 Å². The molecule has 0 saturated heterocycles. The van der Waals surface area contributed by atoms with Gasteiger partial charge in [0, 0.05) is 12.6 Å². The Hall–Kier alpha value is -1.65. The van der Waals surface area contributed by atoms with Gasteiger partial charge in [-0.15, -0.1) is 0 Å². The lowest BCUT2D eigenvalue weighted by molar-refractivity contribution is 0.0692. The molecule has 0 spiro atoms. The molecule has 0 unspecified atom stereocenters. The minimum atomic E-state index is -1.41. The summed E-state index contributed by atoms with van der Waals surface area (Å²) in [7, 11) is 0. The molecule has 0 atom stereocenters. The molecule has 0 aliphatic rings. The molecule has 0 aliphatic carbocycles. The van der Waals surface area contributed by atoms with Crippen molar-refractivity contribution in [1.29, 1.82) is 0 Å². The fraction of sp³-hybridized carbons (Fsp3) is 0.364. The van der Waals surface area contributed by atoms with Gasteiger partial charge in [0.15, 0.2) is 0 Å². The van der Waals surface area contributed by atoms with E-state index in [1.807, 2.05) is 13.8 Å². The van der Waals surface area contributed by atoms with Crippen LogP contribution in [0.3, 0.4) is 0 Å². The average molecular weight is 229 g/mol. The molecule has 0 heterocycles. The summed E-state index contributed by atoms with van der Waals surface area (Å²) in [6.45, 7) is 4.33. The third kappa shape index (κ3) is 2.92. The third-order valence-electron chi connectivity index (χ3n) is 1.99. The van der Waals surface area contributed by atoms with Crippen LogP contribution in [0.2, 0.25) is 0 Å².